The van der Waals surface area contributed by atoms with E-state index >= 15 is 0 Å². The molecule has 0 saturated heterocycles. The first kappa shape index (κ1) is 29.2. The van der Waals surface area contributed by atoms with Crippen molar-refractivity contribution in [3.63, 3.8) is 0 Å². The van der Waals surface area contributed by atoms with Gasteiger partial charge in [-0.2, -0.15) is 0 Å². The standard InChI is InChI=1S/C34H36ClFN2O2Si/c1-24(39)33-37-31-21-26(23-36)30(35)22-32(31)38(33)27-17-15-25(16-18-27)19-20-40-41(34(2,3)4,28-11-7-5-8-12-28)29-13-9-6-10-14-29/h5-18,21-22,24,39H,19-20,23H2,1-4H3. The van der Waals surface area contributed by atoms with Gasteiger partial charge >= 0.3 is 0 Å². The summed E-state index contributed by atoms with van der Waals surface area (Å²) in [4.78, 5) is 4.59. The molecule has 1 atom stereocenters. The van der Waals surface area contributed by atoms with E-state index in [0.29, 0.717) is 28.5 Å². The van der Waals surface area contributed by atoms with E-state index in [1.807, 2.05) is 16.7 Å². The molecule has 1 unspecified atom stereocenters. The van der Waals surface area contributed by atoms with Crippen LogP contribution in [0.5, 0.6) is 0 Å². The van der Waals surface area contributed by atoms with Gasteiger partial charge in [-0.1, -0.05) is 105 Å². The van der Waals surface area contributed by atoms with E-state index in [2.05, 4.69) is 98.6 Å². The van der Waals surface area contributed by atoms with Gasteiger partial charge in [0.1, 0.15) is 18.6 Å². The van der Waals surface area contributed by atoms with Crippen molar-refractivity contribution in [3.8, 4) is 5.69 Å². The zero-order valence-corrected chi connectivity index (χ0v) is 25.7. The van der Waals surface area contributed by atoms with Gasteiger partial charge in [0.15, 0.2) is 0 Å². The van der Waals surface area contributed by atoms with Crippen LogP contribution in [-0.4, -0.2) is 29.6 Å². The number of imidazole rings is 1. The van der Waals surface area contributed by atoms with Crippen LogP contribution >= 0.6 is 11.6 Å². The van der Waals surface area contributed by atoms with Crippen LogP contribution in [0, 0.1) is 0 Å². The Hall–Kier alpha value is -3.29. The highest BCUT2D eigenvalue weighted by Crippen LogP contribution is 2.37. The summed E-state index contributed by atoms with van der Waals surface area (Å²) < 4.78 is 22.4. The zero-order chi connectivity index (χ0) is 29.2. The molecule has 4 nitrogen and oxygen atoms in total. The van der Waals surface area contributed by atoms with Gasteiger partial charge in [0.2, 0.25) is 0 Å². The molecule has 0 aliphatic rings. The molecule has 1 heterocycles. The number of alkyl halides is 1. The summed E-state index contributed by atoms with van der Waals surface area (Å²) in [5.74, 6) is 0.481. The molecular formula is C34H36ClFN2O2Si. The SMILES string of the molecule is CC(O)c1nc2cc(CF)c(Cl)cc2n1-c1ccc(CCO[Si](c2ccccc2)(c2ccccc2)C(C)(C)C)cc1. The topological polar surface area (TPSA) is 47.3 Å². The molecule has 0 fully saturated rings. The number of aliphatic hydroxyl groups excluding tert-OH is 1. The molecule has 4 aromatic carbocycles. The summed E-state index contributed by atoms with van der Waals surface area (Å²) in [5.41, 5.74) is 3.71. The van der Waals surface area contributed by atoms with Gasteiger partial charge in [-0.25, -0.2) is 9.37 Å². The normalized spacial score (nSPS) is 13.0. The maximum atomic E-state index is 13.4. The number of nitrogens with zero attached hydrogens (tertiary/aromatic N) is 2. The molecule has 1 N–H and O–H groups in total. The molecular weight excluding hydrogens is 551 g/mol. The van der Waals surface area contributed by atoms with Crippen LogP contribution in [0.1, 0.15) is 50.8 Å². The van der Waals surface area contributed by atoms with Crippen molar-refractivity contribution in [2.75, 3.05) is 6.61 Å². The Labute approximate surface area is 247 Å². The number of hydrogen-bond donors (Lipinski definition) is 1. The highest BCUT2D eigenvalue weighted by molar-refractivity contribution is 6.99. The van der Waals surface area contributed by atoms with Crippen LogP contribution in [0.15, 0.2) is 97.1 Å². The Kier molecular flexibility index (Phi) is 8.48. The summed E-state index contributed by atoms with van der Waals surface area (Å²) in [7, 11) is -2.60. The van der Waals surface area contributed by atoms with Crippen LogP contribution in [0.4, 0.5) is 4.39 Å². The lowest BCUT2D eigenvalue weighted by molar-refractivity contribution is 0.187. The number of hydrogen-bond acceptors (Lipinski definition) is 3. The van der Waals surface area contributed by atoms with Crippen molar-refractivity contribution in [2.45, 2.75) is 51.9 Å². The van der Waals surface area contributed by atoms with Gasteiger partial charge in [0.05, 0.1) is 11.0 Å². The van der Waals surface area contributed by atoms with Crippen molar-refractivity contribution in [2.24, 2.45) is 0 Å². The second-order valence-electron chi connectivity index (χ2n) is 11.5. The summed E-state index contributed by atoms with van der Waals surface area (Å²) in [6.45, 7) is 8.44. The number of benzene rings is 4. The Balaban J connectivity index is 1.44. The first-order valence-corrected chi connectivity index (χ1v) is 16.2. The smallest absolute Gasteiger partial charge is 0.261 e. The Bertz CT molecular complexity index is 1580. The molecule has 7 heteroatoms. The minimum absolute atomic E-state index is 0.0806. The molecule has 212 valence electrons. The Morgan fingerprint density at radius 2 is 1.51 bits per heavy atom. The van der Waals surface area contributed by atoms with Crippen LogP contribution in [0.25, 0.3) is 16.7 Å². The average Bonchev–Trinajstić information content (AvgIpc) is 3.34. The number of rotatable bonds is 9. The van der Waals surface area contributed by atoms with Crippen LogP contribution < -0.4 is 10.4 Å². The monoisotopic (exact) mass is 586 g/mol. The molecule has 5 rings (SSSR count). The Morgan fingerprint density at radius 1 is 0.927 bits per heavy atom. The van der Waals surface area contributed by atoms with Gasteiger partial charge < -0.3 is 9.53 Å². The second kappa shape index (κ2) is 11.9. The summed E-state index contributed by atoms with van der Waals surface area (Å²) in [6, 6.07) is 32.9. The number of aliphatic hydroxyl groups is 1. The van der Waals surface area contributed by atoms with Crippen molar-refractivity contribution < 1.29 is 13.9 Å². The fourth-order valence-electron chi connectivity index (χ4n) is 5.71. The fourth-order valence-corrected chi connectivity index (χ4v) is 10.5. The predicted molar refractivity (Wildman–Crippen MR) is 169 cm³/mol. The lowest BCUT2D eigenvalue weighted by Crippen LogP contribution is -2.66. The molecule has 0 amide bonds. The summed E-state index contributed by atoms with van der Waals surface area (Å²) >= 11 is 6.34. The minimum Gasteiger partial charge on any atom is -0.407 e. The third-order valence-corrected chi connectivity index (χ3v) is 13.1. The van der Waals surface area contributed by atoms with Crippen molar-refractivity contribution >= 4 is 41.3 Å². The quantitative estimate of drug-likeness (QED) is 0.184. The third-order valence-electron chi connectivity index (χ3n) is 7.69. The van der Waals surface area contributed by atoms with E-state index in [-0.39, 0.29) is 5.04 Å². The molecule has 5 aromatic rings. The highest BCUT2D eigenvalue weighted by atomic mass is 35.5. The van der Waals surface area contributed by atoms with E-state index < -0.39 is 21.1 Å². The maximum Gasteiger partial charge on any atom is 0.261 e. The van der Waals surface area contributed by atoms with E-state index in [9.17, 15) is 9.50 Å². The van der Waals surface area contributed by atoms with E-state index in [0.717, 1.165) is 23.2 Å². The minimum atomic E-state index is -2.60. The molecule has 0 aliphatic carbocycles. The molecule has 0 radical (unpaired) electrons. The number of aromatic nitrogens is 2. The first-order chi connectivity index (χ1) is 19.7. The van der Waals surface area contributed by atoms with Crippen LogP contribution in [-0.2, 0) is 17.5 Å². The average molecular weight is 587 g/mol. The second-order valence-corrected chi connectivity index (χ2v) is 16.2. The van der Waals surface area contributed by atoms with Gasteiger partial charge in [-0.05, 0) is 58.6 Å². The van der Waals surface area contributed by atoms with E-state index in [1.165, 1.54) is 10.4 Å². The predicted octanol–water partition coefficient (Wildman–Crippen LogP) is 7.32. The lowest BCUT2D eigenvalue weighted by Gasteiger charge is -2.43. The van der Waals surface area contributed by atoms with Gasteiger partial charge in [-0.15, -0.1) is 0 Å². The summed E-state index contributed by atoms with van der Waals surface area (Å²) in [6.07, 6.45) is -0.0563. The number of halogens is 2. The maximum absolute atomic E-state index is 13.4. The first-order valence-electron chi connectivity index (χ1n) is 13.9. The number of fused-ring (bicyclic) bond motifs is 1. The molecule has 41 heavy (non-hydrogen) atoms. The molecule has 0 spiro atoms. The molecule has 0 aliphatic heterocycles. The van der Waals surface area contributed by atoms with Gasteiger partial charge in [0.25, 0.3) is 8.32 Å². The summed E-state index contributed by atoms with van der Waals surface area (Å²) in [5, 5.41) is 13.3. The molecule has 1 aromatic heterocycles. The highest BCUT2D eigenvalue weighted by Gasteiger charge is 2.49. The fraction of sp³-hybridized carbons (Fsp3) is 0.265. The zero-order valence-electron chi connectivity index (χ0n) is 23.9. The largest absolute Gasteiger partial charge is 0.407 e. The van der Waals surface area contributed by atoms with Crippen LogP contribution in [0.2, 0.25) is 10.1 Å². The van der Waals surface area contributed by atoms with Crippen molar-refractivity contribution in [1.29, 1.82) is 0 Å². The van der Waals surface area contributed by atoms with E-state index in [1.54, 1.807) is 19.1 Å². The lowest BCUT2D eigenvalue weighted by atomic mass is 10.1. The van der Waals surface area contributed by atoms with E-state index in [4.69, 9.17) is 16.0 Å². The van der Waals surface area contributed by atoms with Gasteiger partial charge in [0, 0.05) is 22.9 Å². The van der Waals surface area contributed by atoms with Crippen molar-refractivity contribution in [3.05, 3.63) is 119 Å². The molecule has 0 bridgehead atoms. The molecule has 0 saturated carbocycles. The Morgan fingerprint density at radius 3 is 2.02 bits per heavy atom. The van der Waals surface area contributed by atoms with Gasteiger partial charge in [-0.3, -0.25) is 4.57 Å². The van der Waals surface area contributed by atoms with Crippen LogP contribution in [0.3, 0.4) is 0 Å². The third kappa shape index (κ3) is 5.62. The van der Waals surface area contributed by atoms with Crippen molar-refractivity contribution in [1.82, 2.24) is 9.55 Å².